The third kappa shape index (κ3) is 3.77. The van der Waals surface area contributed by atoms with Crippen LogP contribution in [0.1, 0.15) is 46.4 Å². The zero-order valence-corrected chi connectivity index (χ0v) is 17.3. The minimum atomic E-state index is -3.81. The van der Waals surface area contributed by atoms with Crippen molar-refractivity contribution in [3.05, 3.63) is 70.9 Å². The van der Waals surface area contributed by atoms with Gasteiger partial charge in [0, 0.05) is 18.3 Å². The summed E-state index contributed by atoms with van der Waals surface area (Å²) in [5, 5.41) is 4.58. The Morgan fingerprint density at radius 2 is 1.93 bits per heavy atom. The lowest BCUT2D eigenvalue weighted by Gasteiger charge is -2.21. The molecule has 0 aliphatic heterocycles. The van der Waals surface area contributed by atoms with Crippen molar-refractivity contribution in [2.75, 3.05) is 0 Å². The van der Waals surface area contributed by atoms with Crippen LogP contribution in [-0.4, -0.2) is 28.3 Å². The maximum Gasteiger partial charge on any atom is 0.243 e. The van der Waals surface area contributed by atoms with Gasteiger partial charge in [-0.15, -0.1) is 0 Å². The van der Waals surface area contributed by atoms with Gasteiger partial charge in [0.2, 0.25) is 10.0 Å². The Kier molecular flexibility index (Phi) is 5.14. The summed E-state index contributed by atoms with van der Waals surface area (Å²) < 4.78 is 35.5. The minimum absolute atomic E-state index is 0.106. The number of rotatable bonds is 7. The molecule has 0 atom stereocenters. The second-order valence-corrected chi connectivity index (χ2v) is 9.22. The molecule has 3 aromatic rings. The van der Waals surface area contributed by atoms with Crippen LogP contribution in [0, 0.1) is 0 Å². The van der Waals surface area contributed by atoms with Crippen molar-refractivity contribution in [2.24, 2.45) is 7.05 Å². The predicted octanol–water partition coefficient (Wildman–Crippen LogP) is 3.10. The summed E-state index contributed by atoms with van der Waals surface area (Å²) in [5.41, 5.74) is 3.60. The van der Waals surface area contributed by atoms with E-state index in [1.54, 1.807) is 24.3 Å². The number of furan rings is 1. The molecule has 0 amide bonds. The lowest BCUT2D eigenvalue weighted by atomic mass is 10.2. The summed E-state index contributed by atoms with van der Waals surface area (Å²) in [5.74, 6) is 0.451. The summed E-state index contributed by atoms with van der Waals surface area (Å²) in [7, 11) is -1.91. The van der Waals surface area contributed by atoms with E-state index in [0.717, 1.165) is 30.5 Å². The first-order valence-corrected chi connectivity index (χ1v) is 11.0. The van der Waals surface area contributed by atoms with Gasteiger partial charge < -0.3 is 4.42 Å². The van der Waals surface area contributed by atoms with Crippen LogP contribution >= 0.6 is 0 Å². The fraction of sp³-hybridized carbons (Fsp3) is 0.333. The lowest BCUT2D eigenvalue weighted by molar-refractivity contribution is 0.101. The van der Waals surface area contributed by atoms with Gasteiger partial charge in [-0.2, -0.15) is 9.40 Å². The SMILES string of the molecule is CC(=O)c1ccc(S(=O)(=O)N(Cc2ccco2)Cc2nn(C)c3c2CCC3)cc1. The molecule has 0 fully saturated rings. The second-order valence-electron chi connectivity index (χ2n) is 7.28. The average Bonchev–Trinajstić information content (AvgIpc) is 3.42. The molecule has 1 aliphatic carbocycles. The van der Waals surface area contributed by atoms with E-state index in [4.69, 9.17) is 4.42 Å². The van der Waals surface area contributed by atoms with Gasteiger partial charge >= 0.3 is 0 Å². The van der Waals surface area contributed by atoms with Crippen molar-refractivity contribution in [1.82, 2.24) is 14.1 Å². The van der Waals surface area contributed by atoms with Gasteiger partial charge in [-0.1, -0.05) is 12.1 Å². The zero-order chi connectivity index (χ0) is 20.6. The normalized spacial score (nSPS) is 13.8. The van der Waals surface area contributed by atoms with Crippen molar-refractivity contribution in [3.63, 3.8) is 0 Å². The van der Waals surface area contributed by atoms with Gasteiger partial charge in [-0.05, 0) is 56.0 Å². The number of fused-ring (bicyclic) bond motifs is 1. The first-order valence-electron chi connectivity index (χ1n) is 9.53. The van der Waals surface area contributed by atoms with Crippen LogP contribution in [0.2, 0.25) is 0 Å². The number of Topliss-reactive ketones (excluding diaryl/α,β-unsaturated/α-hetero) is 1. The summed E-state index contributed by atoms with van der Waals surface area (Å²) in [6.07, 6.45) is 4.47. The average molecular weight is 413 g/mol. The molecule has 0 spiro atoms. The fourth-order valence-electron chi connectivity index (χ4n) is 3.80. The molecule has 152 valence electrons. The number of aryl methyl sites for hydroxylation is 1. The van der Waals surface area contributed by atoms with E-state index in [9.17, 15) is 13.2 Å². The summed E-state index contributed by atoms with van der Waals surface area (Å²) in [6.45, 7) is 1.73. The molecule has 0 saturated heterocycles. The van der Waals surface area contributed by atoms with E-state index in [1.165, 1.54) is 35.3 Å². The number of aromatic nitrogens is 2. The number of hydrogen-bond donors (Lipinski definition) is 0. The molecule has 1 aliphatic rings. The topological polar surface area (TPSA) is 85.4 Å². The molecule has 4 rings (SSSR count). The minimum Gasteiger partial charge on any atom is -0.468 e. The van der Waals surface area contributed by atoms with Crippen molar-refractivity contribution in [2.45, 2.75) is 44.2 Å². The number of ketones is 1. The number of carbonyl (C=O) groups is 1. The molecule has 2 heterocycles. The molecule has 2 aromatic heterocycles. The van der Waals surface area contributed by atoms with Crippen LogP contribution < -0.4 is 0 Å². The van der Waals surface area contributed by atoms with Crippen molar-refractivity contribution >= 4 is 15.8 Å². The molecule has 0 saturated carbocycles. The predicted molar refractivity (Wildman–Crippen MR) is 107 cm³/mol. The Bertz CT molecular complexity index is 1130. The monoisotopic (exact) mass is 413 g/mol. The van der Waals surface area contributed by atoms with Gasteiger partial charge in [0.1, 0.15) is 5.76 Å². The van der Waals surface area contributed by atoms with Crippen LogP contribution in [-0.2, 0) is 43.0 Å². The molecule has 1 aromatic carbocycles. The smallest absolute Gasteiger partial charge is 0.243 e. The Balaban J connectivity index is 1.70. The lowest BCUT2D eigenvalue weighted by Crippen LogP contribution is -2.30. The molecule has 7 nitrogen and oxygen atoms in total. The van der Waals surface area contributed by atoms with Crippen LogP contribution in [0.15, 0.2) is 52.0 Å². The Hall–Kier alpha value is -2.71. The van der Waals surface area contributed by atoms with E-state index in [-0.39, 0.29) is 23.8 Å². The number of hydrogen-bond acceptors (Lipinski definition) is 5. The first kappa shape index (κ1) is 19.6. The molecule has 0 radical (unpaired) electrons. The van der Waals surface area contributed by atoms with E-state index in [2.05, 4.69) is 5.10 Å². The van der Waals surface area contributed by atoms with Crippen molar-refractivity contribution < 1.29 is 17.6 Å². The second kappa shape index (κ2) is 7.61. The largest absolute Gasteiger partial charge is 0.468 e. The number of carbonyl (C=O) groups excluding carboxylic acids is 1. The molecule has 29 heavy (non-hydrogen) atoms. The van der Waals surface area contributed by atoms with Gasteiger partial charge in [-0.3, -0.25) is 9.48 Å². The first-order chi connectivity index (χ1) is 13.9. The van der Waals surface area contributed by atoms with Gasteiger partial charge in [0.15, 0.2) is 5.78 Å². The fourth-order valence-corrected chi connectivity index (χ4v) is 5.17. The highest BCUT2D eigenvalue weighted by Crippen LogP contribution is 2.28. The number of nitrogens with zero attached hydrogens (tertiary/aromatic N) is 3. The molecule has 0 unspecified atom stereocenters. The molecular weight excluding hydrogens is 390 g/mol. The van der Waals surface area contributed by atoms with Crippen LogP contribution in [0.3, 0.4) is 0 Å². The van der Waals surface area contributed by atoms with Crippen LogP contribution in [0.4, 0.5) is 0 Å². The maximum absolute atomic E-state index is 13.4. The Labute approximate surface area is 170 Å². The van der Waals surface area contributed by atoms with E-state index in [0.29, 0.717) is 11.3 Å². The third-order valence-electron chi connectivity index (χ3n) is 5.34. The van der Waals surface area contributed by atoms with Gasteiger partial charge in [0.25, 0.3) is 0 Å². The van der Waals surface area contributed by atoms with Gasteiger partial charge in [-0.25, -0.2) is 8.42 Å². The third-order valence-corrected chi connectivity index (χ3v) is 7.14. The summed E-state index contributed by atoms with van der Waals surface area (Å²) in [4.78, 5) is 11.7. The Morgan fingerprint density at radius 3 is 2.59 bits per heavy atom. The van der Waals surface area contributed by atoms with E-state index in [1.807, 2.05) is 11.7 Å². The van der Waals surface area contributed by atoms with Crippen LogP contribution in [0.25, 0.3) is 0 Å². The van der Waals surface area contributed by atoms with Gasteiger partial charge in [0.05, 0.1) is 29.9 Å². The molecule has 0 N–H and O–H groups in total. The Morgan fingerprint density at radius 1 is 1.17 bits per heavy atom. The van der Waals surface area contributed by atoms with Crippen molar-refractivity contribution in [1.29, 1.82) is 0 Å². The molecule has 0 bridgehead atoms. The maximum atomic E-state index is 13.4. The van der Waals surface area contributed by atoms with E-state index >= 15 is 0 Å². The molecular formula is C21H23N3O4S. The zero-order valence-electron chi connectivity index (χ0n) is 16.5. The van der Waals surface area contributed by atoms with E-state index < -0.39 is 10.0 Å². The highest BCUT2D eigenvalue weighted by molar-refractivity contribution is 7.89. The van der Waals surface area contributed by atoms with Crippen LogP contribution in [0.5, 0.6) is 0 Å². The summed E-state index contributed by atoms with van der Waals surface area (Å²) >= 11 is 0. The number of sulfonamides is 1. The molecule has 8 heteroatoms. The number of benzene rings is 1. The summed E-state index contributed by atoms with van der Waals surface area (Å²) in [6, 6.07) is 9.52. The highest BCUT2D eigenvalue weighted by atomic mass is 32.2. The highest BCUT2D eigenvalue weighted by Gasteiger charge is 2.29. The van der Waals surface area contributed by atoms with Crippen molar-refractivity contribution in [3.8, 4) is 0 Å². The standard InChI is InChI=1S/C21H23N3O4S/c1-15(25)16-8-10-18(11-9-16)29(26,27)24(13-17-5-4-12-28-17)14-20-19-6-3-7-21(19)23(2)22-20/h4-5,8-12H,3,6-7,13-14H2,1-2H3. The quantitative estimate of drug-likeness (QED) is 0.556.